The topological polar surface area (TPSA) is 22.4 Å². The fourth-order valence-electron chi connectivity index (χ4n) is 2.10. The molecule has 1 aromatic carbocycles. The molecule has 1 aliphatic rings. The van der Waals surface area contributed by atoms with Crippen molar-refractivity contribution in [1.82, 2.24) is 0 Å². The number of hydrogen-bond donors (Lipinski definition) is 0. The highest BCUT2D eigenvalue weighted by Crippen LogP contribution is 2.22. The van der Waals surface area contributed by atoms with Crippen molar-refractivity contribution in [3.63, 3.8) is 0 Å². The van der Waals surface area contributed by atoms with Gasteiger partial charge in [-0.1, -0.05) is 18.2 Å². The van der Waals surface area contributed by atoms with Crippen LogP contribution in [0.4, 0.5) is 0 Å². The normalized spacial score (nSPS) is 14.2. The van der Waals surface area contributed by atoms with Crippen LogP contribution in [-0.4, -0.2) is 7.11 Å². The summed E-state index contributed by atoms with van der Waals surface area (Å²) in [4.78, 5) is 0. The minimum absolute atomic E-state index is 0.809. The molecule has 0 unspecified atom stereocenters. The first kappa shape index (κ1) is 8.60. The molecule has 3 rings (SSSR count). The van der Waals surface area contributed by atoms with Gasteiger partial charge in [0.05, 0.1) is 7.11 Å². The van der Waals surface area contributed by atoms with Crippen LogP contribution in [0.15, 0.2) is 22.6 Å². The zero-order valence-electron chi connectivity index (χ0n) is 8.62. The van der Waals surface area contributed by atoms with Crippen molar-refractivity contribution in [2.45, 2.75) is 12.8 Å². The highest BCUT2D eigenvalue weighted by atomic mass is 16.5. The third-order valence-corrected chi connectivity index (χ3v) is 2.81. The Morgan fingerprint density at radius 1 is 1.20 bits per heavy atom. The fourth-order valence-corrected chi connectivity index (χ4v) is 2.10. The lowest BCUT2D eigenvalue weighted by atomic mass is 10.1. The van der Waals surface area contributed by atoms with Gasteiger partial charge in [-0.2, -0.15) is 0 Å². The quantitative estimate of drug-likeness (QED) is 0.700. The summed E-state index contributed by atoms with van der Waals surface area (Å²) in [7, 11) is 1.67. The minimum atomic E-state index is 0.809. The number of furan rings is 1. The molecule has 0 aliphatic heterocycles. The maximum atomic E-state index is 5.80. The van der Waals surface area contributed by atoms with E-state index in [2.05, 4.69) is 18.2 Å². The molecule has 0 amide bonds. The van der Waals surface area contributed by atoms with Crippen LogP contribution >= 0.6 is 0 Å². The molecule has 1 aromatic heterocycles. The van der Waals surface area contributed by atoms with Gasteiger partial charge in [-0.25, -0.2) is 0 Å². The van der Waals surface area contributed by atoms with Crippen molar-refractivity contribution < 1.29 is 9.15 Å². The Hall–Kier alpha value is -1.70. The van der Waals surface area contributed by atoms with Gasteiger partial charge in [0.1, 0.15) is 5.42 Å². The van der Waals surface area contributed by atoms with Gasteiger partial charge in [-0.3, -0.25) is 0 Å². The number of hydrogen-bond acceptors (Lipinski definition) is 2. The summed E-state index contributed by atoms with van der Waals surface area (Å²) in [6, 6.07) is 6.01. The molecule has 0 bridgehead atoms. The number of benzene rings is 1. The highest BCUT2D eigenvalue weighted by Gasteiger charge is 2.09. The van der Waals surface area contributed by atoms with Gasteiger partial charge in [0.15, 0.2) is 11.3 Å². The Balaban J connectivity index is 2.52. The Morgan fingerprint density at radius 2 is 2.07 bits per heavy atom. The lowest BCUT2D eigenvalue weighted by molar-refractivity contribution is 0.408. The molecule has 0 N–H and O–H groups in total. The van der Waals surface area contributed by atoms with Crippen molar-refractivity contribution >= 4 is 23.1 Å². The third-order valence-electron chi connectivity index (χ3n) is 2.81. The first-order valence-electron chi connectivity index (χ1n) is 5.16. The third kappa shape index (κ3) is 1.18. The van der Waals surface area contributed by atoms with Crippen molar-refractivity contribution in [3.8, 4) is 5.75 Å². The van der Waals surface area contributed by atoms with Crippen LogP contribution in [0.25, 0.3) is 23.1 Å². The average molecular weight is 200 g/mol. The molecule has 2 aromatic rings. The summed E-state index contributed by atoms with van der Waals surface area (Å²) >= 11 is 0. The molecule has 0 saturated heterocycles. The number of para-hydroxylation sites is 1. The fraction of sp³-hybridized carbons (Fsp3) is 0.231. The van der Waals surface area contributed by atoms with Crippen LogP contribution in [0.2, 0.25) is 0 Å². The number of rotatable bonds is 1. The van der Waals surface area contributed by atoms with E-state index in [9.17, 15) is 0 Å². The standard InChI is InChI=1S/C13H12O2/c1-14-12-8-4-6-10-9-5-2-3-7-11(9)15-13(10)12/h4-8H,2-3H2,1H3. The molecule has 1 heterocycles. The van der Waals surface area contributed by atoms with Gasteiger partial charge in [-0.15, -0.1) is 0 Å². The van der Waals surface area contributed by atoms with Crippen LogP contribution < -0.4 is 15.4 Å². The average Bonchev–Trinajstić information content (AvgIpc) is 2.67. The predicted octanol–water partition coefficient (Wildman–Crippen LogP) is 1.80. The first-order chi connectivity index (χ1) is 7.40. The molecule has 0 spiro atoms. The summed E-state index contributed by atoms with van der Waals surface area (Å²) in [6.45, 7) is 0. The Bertz CT molecular complexity index is 620. The molecule has 15 heavy (non-hydrogen) atoms. The Labute approximate surface area is 87.5 Å². The maximum Gasteiger partial charge on any atom is 0.177 e. The van der Waals surface area contributed by atoms with Gasteiger partial charge < -0.3 is 9.15 Å². The largest absolute Gasteiger partial charge is 0.493 e. The number of ether oxygens (including phenoxy) is 1. The van der Waals surface area contributed by atoms with Crippen molar-refractivity contribution in [1.29, 1.82) is 0 Å². The zero-order valence-corrected chi connectivity index (χ0v) is 8.62. The lowest BCUT2D eigenvalue weighted by Gasteiger charge is -1.98. The molecule has 2 nitrogen and oxygen atoms in total. The van der Waals surface area contributed by atoms with E-state index in [0.717, 1.165) is 35.0 Å². The van der Waals surface area contributed by atoms with E-state index in [-0.39, 0.29) is 0 Å². The van der Waals surface area contributed by atoms with Crippen LogP contribution in [0.5, 0.6) is 5.75 Å². The smallest absolute Gasteiger partial charge is 0.177 e. The highest BCUT2D eigenvalue weighted by molar-refractivity contribution is 5.84. The molecule has 1 aliphatic carbocycles. The minimum Gasteiger partial charge on any atom is -0.493 e. The Kier molecular flexibility index (Phi) is 1.81. The van der Waals surface area contributed by atoms with Gasteiger partial charge in [0, 0.05) is 10.6 Å². The summed E-state index contributed by atoms with van der Waals surface area (Å²) in [6.07, 6.45) is 6.55. The van der Waals surface area contributed by atoms with Crippen LogP contribution in [0.3, 0.4) is 0 Å². The van der Waals surface area contributed by atoms with E-state index >= 15 is 0 Å². The second-order valence-corrected chi connectivity index (χ2v) is 3.70. The molecular weight excluding hydrogens is 188 g/mol. The molecule has 0 saturated carbocycles. The van der Waals surface area contributed by atoms with Crippen LogP contribution in [0.1, 0.15) is 12.8 Å². The maximum absolute atomic E-state index is 5.80. The van der Waals surface area contributed by atoms with Crippen molar-refractivity contribution in [3.05, 3.63) is 28.8 Å². The number of fused-ring (bicyclic) bond motifs is 3. The molecule has 76 valence electrons. The lowest BCUT2D eigenvalue weighted by Crippen LogP contribution is -2.21. The van der Waals surface area contributed by atoms with Crippen molar-refractivity contribution in [2.75, 3.05) is 7.11 Å². The van der Waals surface area contributed by atoms with E-state index in [1.807, 2.05) is 12.1 Å². The van der Waals surface area contributed by atoms with E-state index in [4.69, 9.17) is 9.15 Å². The van der Waals surface area contributed by atoms with Gasteiger partial charge in [0.2, 0.25) is 0 Å². The summed E-state index contributed by atoms with van der Waals surface area (Å²) in [5.41, 5.74) is 1.85. The van der Waals surface area contributed by atoms with Gasteiger partial charge >= 0.3 is 0 Å². The zero-order chi connectivity index (χ0) is 10.3. The molecule has 0 fully saturated rings. The van der Waals surface area contributed by atoms with E-state index in [1.54, 1.807) is 7.11 Å². The molecular formula is C13H12O2. The predicted molar refractivity (Wildman–Crippen MR) is 60.2 cm³/mol. The Morgan fingerprint density at radius 3 is 2.93 bits per heavy atom. The second kappa shape index (κ2) is 3.16. The van der Waals surface area contributed by atoms with Gasteiger partial charge in [-0.05, 0) is 25.0 Å². The van der Waals surface area contributed by atoms with Crippen molar-refractivity contribution in [2.24, 2.45) is 0 Å². The van der Waals surface area contributed by atoms with E-state index in [0.29, 0.717) is 0 Å². The molecule has 0 radical (unpaired) electrons. The molecule has 0 atom stereocenters. The monoisotopic (exact) mass is 200 g/mol. The van der Waals surface area contributed by atoms with E-state index < -0.39 is 0 Å². The van der Waals surface area contributed by atoms with Gasteiger partial charge in [0.25, 0.3) is 0 Å². The summed E-state index contributed by atoms with van der Waals surface area (Å²) in [5, 5.41) is 2.37. The number of methoxy groups -OCH3 is 1. The molecule has 2 heteroatoms. The first-order valence-corrected chi connectivity index (χ1v) is 5.16. The summed E-state index contributed by atoms with van der Waals surface area (Å²) in [5.74, 6) is 0.809. The summed E-state index contributed by atoms with van der Waals surface area (Å²) < 4.78 is 11.1. The van der Waals surface area contributed by atoms with Crippen LogP contribution in [0, 0.1) is 0 Å². The second-order valence-electron chi connectivity index (χ2n) is 3.70. The SMILES string of the molecule is COc1cccc2c3c(oc12)=CCCC=3. The van der Waals surface area contributed by atoms with Crippen LogP contribution in [-0.2, 0) is 0 Å². The van der Waals surface area contributed by atoms with E-state index in [1.165, 1.54) is 5.22 Å².